The van der Waals surface area contributed by atoms with Crippen LogP contribution >= 0.6 is 0 Å². The third kappa shape index (κ3) is 8.79. The van der Waals surface area contributed by atoms with E-state index in [4.69, 9.17) is 4.74 Å². The van der Waals surface area contributed by atoms with Crippen LogP contribution in [0.5, 0.6) is 0 Å². The Morgan fingerprint density at radius 3 is 2.27 bits per heavy atom. The second kappa shape index (κ2) is 15.8. The van der Waals surface area contributed by atoms with Gasteiger partial charge in [0.1, 0.15) is 23.0 Å². The van der Waals surface area contributed by atoms with E-state index in [0.717, 1.165) is 12.1 Å². The van der Waals surface area contributed by atoms with Crippen molar-refractivity contribution in [3.63, 3.8) is 0 Å². The van der Waals surface area contributed by atoms with Crippen LogP contribution in [0.3, 0.4) is 0 Å². The number of aliphatic hydroxyl groups is 1. The number of hydrogen-bond acceptors (Lipinski definition) is 12. The van der Waals surface area contributed by atoms with Crippen molar-refractivity contribution >= 4 is 45.0 Å². The van der Waals surface area contributed by atoms with Gasteiger partial charge in [0.2, 0.25) is 27.8 Å². The Morgan fingerprint density at radius 1 is 0.933 bits per heavy atom. The van der Waals surface area contributed by atoms with Gasteiger partial charge in [-0.3, -0.25) is 19.8 Å². The smallest absolute Gasteiger partial charge is 0.390 e. The average Bonchev–Trinajstić information content (AvgIpc) is 3.19. The molecular formula is C40H47F5N8O6S. The van der Waals surface area contributed by atoms with E-state index in [0.29, 0.717) is 82.3 Å². The third-order valence-electron chi connectivity index (χ3n) is 12.7. The number of carbonyl (C=O) groups is 2. The first kappa shape index (κ1) is 42.2. The summed E-state index contributed by atoms with van der Waals surface area (Å²) in [6, 6.07) is 7.99. The Morgan fingerprint density at radius 2 is 1.65 bits per heavy atom. The van der Waals surface area contributed by atoms with E-state index in [1.165, 1.54) is 17.0 Å². The number of carbonyl (C=O) groups excluding carboxylic acids is 2. The zero-order valence-electron chi connectivity index (χ0n) is 33.0. The van der Waals surface area contributed by atoms with E-state index in [1.807, 2.05) is 4.90 Å². The fourth-order valence-electron chi connectivity index (χ4n) is 8.96. The van der Waals surface area contributed by atoms with Crippen LogP contribution in [0, 0.1) is 11.6 Å². The Hall–Kier alpha value is -4.50. The Labute approximate surface area is 343 Å². The normalized spacial score (nSPS) is 26.3. The number of halogens is 5. The van der Waals surface area contributed by atoms with Crippen molar-refractivity contribution in [1.82, 2.24) is 24.9 Å². The number of alkyl halides is 3. The summed E-state index contributed by atoms with van der Waals surface area (Å²) < 4.78 is 109. The highest BCUT2D eigenvalue weighted by Crippen LogP contribution is 2.45. The standard InChI is InChI=1S/C40H47F5N8O6S/c1-37(56)12-14-53(15-13-37)34-28(40(43,44)45)22-46-36(49-34)47-31-5-3-26(21-29(31)41)60(57,58)50-38-8-10-39(11-9-38,59-24-38)23-51-16-18-52(19-17-51)32-6-2-25(20-30(32)42)27-4-7-33(54)48-35(27)55/h2-3,5-6,20-22,27,50,56H,4,7-19,23-24H2,1H3,(H,46,47,49)(H,48,54,55). The van der Waals surface area contributed by atoms with Crippen LogP contribution in [0.25, 0.3) is 0 Å². The van der Waals surface area contributed by atoms with E-state index in [2.05, 4.69) is 30.2 Å². The summed E-state index contributed by atoms with van der Waals surface area (Å²) in [5.74, 6) is -3.43. The molecule has 1 atom stereocenters. The number of sulfonamides is 1. The summed E-state index contributed by atoms with van der Waals surface area (Å²) >= 11 is 0. The van der Waals surface area contributed by atoms with Crippen molar-refractivity contribution in [2.75, 3.05) is 67.5 Å². The lowest BCUT2D eigenvalue weighted by atomic mass is 9.71. The zero-order chi connectivity index (χ0) is 42.7. The number of hydrogen-bond donors (Lipinski definition) is 4. The highest BCUT2D eigenvalue weighted by Gasteiger charge is 2.52. The molecule has 324 valence electrons. The van der Waals surface area contributed by atoms with Gasteiger partial charge in [0.25, 0.3) is 0 Å². The van der Waals surface area contributed by atoms with E-state index in [1.54, 1.807) is 19.1 Å². The molecule has 60 heavy (non-hydrogen) atoms. The average molecular weight is 863 g/mol. The Balaban J connectivity index is 0.854. The maximum absolute atomic E-state index is 15.5. The van der Waals surface area contributed by atoms with E-state index < -0.39 is 67.8 Å². The van der Waals surface area contributed by atoms with Crippen molar-refractivity contribution in [3.8, 4) is 0 Å². The molecule has 1 unspecified atom stereocenters. The fourth-order valence-corrected chi connectivity index (χ4v) is 10.4. The molecule has 2 aromatic carbocycles. The Kier molecular flexibility index (Phi) is 11.1. The number of anilines is 4. The number of benzene rings is 2. The van der Waals surface area contributed by atoms with Crippen LogP contribution in [0.1, 0.15) is 75.3 Å². The van der Waals surface area contributed by atoms with Gasteiger partial charge in [-0.05, 0) is 87.8 Å². The number of nitrogens with one attached hydrogen (secondary N) is 3. The molecule has 14 nitrogen and oxygen atoms in total. The zero-order valence-corrected chi connectivity index (χ0v) is 33.8. The predicted molar refractivity (Wildman–Crippen MR) is 209 cm³/mol. The second-order valence-electron chi connectivity index (χ2n) is 17.0. The molecule has 1 aliphatic carbocycles. The molecule has 1 aromatic heterocycles. The highest BCUT2D eigenvalue weighted by atomic mass is 32.2. The molecule has 0 spiro atoms. The van der Waals surface area contributed by atoms with Gasteiger partial charge in [0, 0.05) is 58.4 Å². The van der Waals surface area contributed by atoms with Gasteiger partial charge in [-0.25, -0.2) is 26.9 Å². The molecule has 5 saturated heterocycles. The largest absolute Gasteiger partial charge is 0.421 e. The van der Waals surface area contributed by atoms with Crippen molar-refractivity contribution in [1.29, 1.82) is 0 Å². The maximum atomic E-state index is 15.5. The SMILES string of the molecule is CC1(O)CCN(c2nc(Nc3ccc(S(=O)(=O)NC45CCC(CN6CCN(c7ccc(C8CCC(=O)NC8=O)cc7F)CC6)(CC4)OC5)cc3F)ncc2C(F)(F)F)CC1. The van der Waals surface area contributed by atoms with Gasteiger partial charge >= 0.3 is 6.18 Å². The van der Waals surface area contributed by atoms with Gasteiger partial charge in [-0.1, -0.05) is 6.07 Å². The minimum atomic E-state index is -4.76. The van der Waals surface area contributed by atoms with E-state index in [-0.39, 0.29) is 61.4 Å². The molecular weight excluding hydrogens is 816 g/mol. The van der Waals surface area contributed by atoms with Crippen LogP contribution < -0.4 is 25.2 Å². The molecule has 2 amide bonds. The number of imide groups is 1. The first-order chi connectivity index (χ1) is 28.3. The van der Waals surface area contributed by atoms with E-state index >= 15 is 8.78 Å². The summed E-state index contributed by atoms with van der Waals surface area (Å²) in [6.45, 7) is 5.05. The number of piperazine rings is 1. The third-order valence-corrected chi connectivity index (χ3v) is 14.2. The molecule has 20 heteroatoms. The van der Waals surface area contributed by atoms with Crippen molar-refractivity contribution in [3.05, 3.63) is 65.4 Å². The highest BCUT2D eigenvalue weighted by molar-refractivity contribution is 7.89. The van der Waals surface area contributed by atoms with Crippen molar-refractivity contribution in [2.45, 2.75) is 92.0 Å². The van der Waals surface area contributed by atoms with Crippen molar-refractivity contribution in [2.24, 2.45) is 0 Å². The van der Waals surface area contributed by atoms with Gasteiger partial charge in [-0.15, -0.1) is 0 Å². The van der Waals surface area contributed by atoms with Gasteiger partial charge in [-0.2, -0.15) is 18.2 Å². The summed E-state index contributed by atoms with van der Waals surface area (Å²) in [5.41, 5.74) is -2.70. The molecule has 6 aliphatic rings. The molecule has 0 radical (unpaired) electrons. The molecule has 6 fully saturated rings. The first-order valence-corrected chi connectivity index (χ1v) is 21.6. The summed E-state index contributed by atoms with van der Waals surface area (Å²) in [4.78, 5) is 36.9. The lowest BCUT2D eigenvalue weighted by Gasteiger charge is -2.54. The molecule has 5 aliphatic heterocycles. The number of piperidine rings is 2. The number of amides is 2. The van der Waals surface area contributed by atoms with Gasteiger partial charge < -0.3 is 25.0 Å². The minimum Gasteiger partial charge on any atom is -0.390 e. The maximum Gasteiger partial charge on any atom is 0.421 e. The van der Waals surface area contributed by atoms with Crippen LogP contribution in [-0.2, 0) is 30.5 Å². The molecule has 1 saturated carbocycles. The van der Waals surface area contributed by atoms with E-state index in [9.17, 15) is 36.3 Å². The summed E-state index contributed by atoms with van der Waals surface area (Å²) in [5, 5.41) is 15.2. The minimum absolute atomic E-state index is 0.115. The number of fused-ring (bicyclic) bond motifs is 3. The van der Waals surface area contributed by atoms with Gasteiger partial charge in [0.05, 0.1) is 45.5 Å². The van der Waals surface area contributed by atoms with Crippen molar-refractivity contribution < 1.29 is 49.8 Å². The topological polar surface area (TPSA) is 169 Å². The monoisotopic (exact) mass is 862 g/mol. The lowest BCUT2D eigenvalue weighted by Crippen LogP contribution is -2.65. The summed E-state index contributed by atoms with van der Waals surface area (Å²) in [7, 11) is -4.23. The second-order valence-corrected chi connectivity index (χ2v) is 18.7. The van der Waals surface area contributed by atoms with Crippen LogP contribution in [-0.4, -0.2) is 109 Å². The van der Waals surface area contributed by atoms with Crippen LogP contribution in [0.2, 0.25) is 0 Å². The number of nitrogens with zero attached hydrogens (tertiary/aromatic N) is 5. The molecule has 9 rings (SSSR count). The van der Waals surface area contributed by atoms with Crippen LogP contribution in [0.15, 0.2) is 47.5 Å². The predicted octanol–water partition coefficient (Wildman–Crippen LogP) is 4.57. The number of aromatic nitrogens is 2. The molecule has 2 bridgehead atoms. The van der Waals surface area contributed by atoms with Gasteiger partial charge in [0.15, 0.2) is 0 Å². The Bertz CT molecular complexity index is 2240. The number of ether oxygens (including phenoxy) is 1. The molecule has 6 heterocycles. The summed E-state index contributed by atoms with van der Waals surface area (Å²) in [6.07, 6.45) is -0.958. The molecule has 4 N–H and O–H groups in total. The molecule has 3 aromatic rings. The quantitative estimate of drug-likeness (QED) is 0.166. The van der Waals surface area contributed by atoms with Crippen LogP contribution in [0.4, 0.5) is 45.1 Å². The lowest BCUT2D eigenvalue weighted by molar-refractivity contribution is -0.166. The first-order valence-electron chi connectivity index (χ1n) is 20.1. The number of rotatable bonds is 10. The fraction of sp³-hybridized carbons (Fsp3) is 0.550.